The molecule has 2 amide bonds. The van der Waals surface area contributed by atoms with E-state index < -0.39 is 5.60 Å². The van der Waals surface area contributed by atoms with Crippen molar-refractivity contribution in [3.05, 3.63) is 65.8 Å². The second-order valence-electron chi connectivity index (χ2n) is 6.79. The molecule has 1 aliphatic rings. The van der Waals surface area contributed by atoms with E-state index in [1.54, 1.807) is 11.3 Å². The molecule has 1 aliphatic carbocycles. The average molecular weight is 379 g/mol. The number of para-hydroxylation sites is 1. The number of anilines is 2. The van der Waals surface area contributed by atoms with Crippen LogP contribution in [0.25, 0.3) is 10.4 Å². The number of rotatable bonds is 4. The van der Waals surface area contributed by atoms with Gasteiger partial charge >= 0.3 is 6.03 Å². The molecule has 1 aromatic heterocycles. The summed E-state index contributed by atoms with van der Waals surface area (Å²) in [6.07, 6.45) is 5.51. The van der Waals surface area contributed by atoms with Crippen molar-refractivity contribution >= 4 is 28.7 Å². The van der Waals surface area contributed by atoms with Crippen molar-refractivity contribution in [3.8, 4) is 10.4 Å². The maximum absolute atomic E-state index is 12.1. The summed E-state index contributed by atoms with van der Waals surface area (Å²) >= 11 is 1.54. The summed E-state index contributed by atoms with van der Waals surface area (Å²) in [5.41, 5.74) is 1.73. The van der Waals surface area contributed by atoms with Crippen molar-refractivity contribution in [2.45, 2.75) is 31.3 Å². The van der Waals surface area contributed by atoms with Gasteiger partial charge in [-0.3, -0.25) is 0 Å². The maximum atomic E-state index is 12.1. The molecule has 0 aliphatic heterocycles. The fraction of sp³-hybridized carbons (Fsp3) is 0.238. The van der Waals surface area contributed by atoms with Crippen molar-refractivity contribution in [2.75, 3.05) is 10.6 Å². The lowest BCUT2D eigenvalue weighted by atomic mass is 10.0. The molecule has 0 bridgehead atoms. The van der Waals surface area contributed by atoms with E-state index in [-0.39, 0.29) is 6.03 Å². The summed E-state index contributed by atoms with van der Waals surface area (Å²) in [6.45, 7) is 0. The van der Waals surface area contributed by atoms with Gasteiger partial charge in [-0.1, -0.05) is 43.2 Å². The maximum Gasteiger partial charge on any atom is 0.323 e. The minimum Gasteiger partial charge on any atom is -0.383 e. The first-order valence-electron chi connectivity index (χ1n) is 9.05. The number of benzene rings is 2. The molecule has 3 aromatic rings. The van der Waals surface area contributed by atoms with Crippen molar-refractivity contribution in [3.63, 3.8) is 0 Å². The summed E-state index contributed by atoms with van der Waals surface area (Å²) < 4.78 is 0. The number of hydrogen-bond acceptors (Lipinski definition) is 4. The van der Waals surface area contributed by atoms with E-state index >= 15 is 0 Å². The van der Waals surface area contributed by atoms with Crippen LogP contribution < -0.4 is 10.6 Å². The molecule has 138 valence electrons. The molecule has 5 nitrogen and oxygen atoms in total. The first-order chi connectivity index (χ1) is 13.1. The van der Waals surface area contributed by atoms with Crippen LogP contribution in [0.4, 0.5) is 16.2 Å². The SMILES string of the molecule is O=C(Nc1ccccc1)Nc1ccc(-c2cnc(C3(O)CCCC3)s2)cc1. The zero-order valence-corrected chi connectivity index (χ0v) is 15.6. The molecule has 0 atom stereocenters. The minimum atomic E-state index is -0.750. The fourth-order valence-electron chi connectivity index (χ4n) is 3.33. The quantitative estimate of drug-likeness (QED) is 0.582. The lowest BCUT2D eigenvalue weighted by Crippen LogP contribution is -2.20. The van der Waals surface area contributed by atoms with Crippen LogP contribution in [0, 0.1) is 0 Å². The topological polar surface area (TPSA) is 74.2 Å². The highest BCUT2D eigenvalue weighted by Crippen LogP contribution is 2.42. The molecule has 1 saturated carbocycles. The van der Waals surface area contributed by atoms with Gasteiger partial charge in [0.15, 0.2) is 0 Å². The number of nitrogens with one attached hydrogen (secondary N) is 2. The second-order valence-corrected chi connectivity index (χ2v) is 7.82. The zero-order valence-electron chi connectivity index (χ0n) is 14.8. The van der Waals surface area contributed by atoms with Crippen LogP contribution in [0.5, 0.6) is 0 Å². The van der Waals surface area contributed by atoms with E-state index in [0.717, 1.165) is 46.8 Å². The Labute approximate surface area is 162 Å². The van der Waals surface area contributed by atoms with E-state index in [1.807, 2.05) is 60.8 Å². The number of thiazole rings is 1. The third-order valence-electron chi connectivity index (χ3n) is 4.79. The normalized spacial score (nSPS) is 15.4. The lowest BCUT2D eigenvalue weighted by Gasteiger charge is -2.18. The number of aromatic nitrogens is 1. The van der Waals surface area contributed by atoms with Crippen LogP contribution in [-0.4, -0.2) is 16.1 Å². The average Bonchev–Trinajstić information content (AvgIpc) is 3.33. The Balaban J connectivity index is 1.42. The molecule has 0 unspecified atom stereocenters. The molecule has 1 heterocycles. The van der Waals surface area contributed by atoms with Gasteiger partial charge in [0.25, 0.3) is 0 Å². The highest BCUT2D eigenvalue weighted by Gasteiger charge is 2.35. The standard InChI is InChI=1S/C21H21N3O2S/c25-20(23-16-6-2-1-3-7-16)24-17-10-8-15(9-11-17)18-14-22-19(27-18)21(26)12-4-5-13-21/h1-3,6-11,14,26H,4-5,12-13H2,(H2,23,24,25). The van der Waals surface area contributed by atoms with Crippen LogP contribution in [0.3, 0.4) is 0 Å². The van der Waals surface area contributed by atoms with E-state index in [9.17, 15) is 9.90 Å². The highest BCUT2D eigenvalue weighted by molar-refractivity contribution is 7.15. The second kappa shape index (κ2) is 7.50. The summed E-state index contributed by atoms with van der Waals surface area (Å²) in [6, 6.07) is 16.7. The monoisotopic (exact) mass is 379 g/mol. The first-order valence-corrected chi connectivity index (χ1v) is 9.86. The number of hydrogen-bond donors (Lipinski definition) is 3. The van der Waals surface area contributed by atoms with E-state index in [0.29, 0.717) is 5.69 Å². The Morgan fingerprint density at radius 1 is 0.963 bits per heavy atom. The molecule has 0 saturated heterocycles. The van der Waals surface area contributed by atoms with Gasteiger partial charge in [-0.15, -0.1) is 11.3 Å². The van der Waals surface area contributed by atoms with Crippen molar-refractivity contribution in [2.24, 2.45) is 0 Å². The lowest BCUT2D eigenvalue weighted by molar-refractivity contribution is 0.0442. The van der Waals surface area contributed by atoms with Crippen LogP contribution in [-0.2, 0) is 5.60 Å². The summed E-state index contributed by atoms with van der Waals surface area (Å²) in [7, 11) is 0. The van der Waals surface area contributed by atoms with Gasteiger partial charge in [0.1, 0.15) is 10.6 Å². The molecule has 1 fully saturated rings. The zero-order chi connectivity index (χ0) is 18.7. The molecule has 0 radical (unpaired) electrons. The Bertz CT molecular complexity index is 916. The Morgan fingerprint density at radius 3 is 2.26 bits per heavy atom. The van der Waals surface area contributed by atoms with Crippen molar-refractivity contribution in [1.82, 2.24) is 4.98 Å². The molecular weight excluding hydrogens is 358 g/mol. The molecular formula is C21H21N3O2S. The summed E-state index contributed by atoms with van der Waals surface area (Å²) in [5.74, 6) is 0. The molecule has 2 aromatic carbocycles. The fourth-order valence-corrected chi connectivity index (χ4v) is 4.40. The van der Waals surface area contributed by atoms with Crippen LogP contribution >= 0.6 is 11.3 Å². The number of nitrogens with zero attached hydrogens (tertiary/aromatic N) is 1. The third-order valence-corrected chi connectivity index (χ3v) is 6.03. The van der Waals surface area contributed by atoms with Gasteiger partial charge in [0.05, 0.1) is 4.88 Å². The Morgan fingerprint density at radius 2 is 1.59 bits per heavy atom. The number of urea groups is 1. The van der Waals surface area contributed by atoms with Crippen LogP contribution in [0.15, 0.2) is 60.8 Å². The predicted molar refractivity (Wildman–Crippen MR) is 109 cm³/mol. The number of carbonyl (C=O) groups excluding carboxylic acids is 1. The Kier molecular flexibility index (Phi) is 4.92. The van der Waals surface area contributed by atoms with Gasteiger partial charge in [-0.2, -0.15) is 0 Å². The number of aliphatic hydroxyl groups is 1. The van der Waals surface area contributed by atoms with Gasteiger partial charge in [0, 0.05) is 17.6 Å². The van der Waals surface area contributed by atoms with Crippen LogP contribution in [0.2, 0.25) is 0 Å². The molecule has 4 rings (SSSR count). The van der Waals surface area contributed by atoms with Gasteiger partial charge < -0.3 is 15.7 Å². The minimum absolute atomic E-state index is 0.280. The highest BCUT2D eigenvalue weighted by atomic mass is 32.1. The third kappa shape index (κ3) is 4.02. The van der Waals surface area contributed by atoms with E-state index in [4.69, 9.17) is 0 Å². The summed E-state index contributed by atoms with van der Waals surface area (Å²) in [4.78, 5) is 17.5. The van der Waals surface area contributed by atoms with Crippen LogP contribution in [0.1, 0.15) is 30.7 Å². The molecule has 27 heavy (non-hydrogen) atoms. The largest absolute Gasteiger partial charge is 0.383 e. The number of amides is 2. The Hall–Kier alpha value is -2.70. The molecule has 6 heteroatoms. The van der Waals surface area contributed by atoms with E-state index in [1.165, 1.54) is 0 Å². The molecule has 3 N–H and O–H groups in total. The van der Waals surface area contributed by atoms with Crippen molar-refractivity contribution in [1.29, 1.82) is 0 Å². The smallest absolute Gasteiger partial charge is 0.323 e. The van der Waals surface area contributed by atoms with Gasteiger partial charge in [-0.05, 0) is 42.7 Å². The number of carbonyl (C=O) groups is 1. The van der Waals surface area contributed by atoms with Gasteiger partial charge in [0.2, 0.25) is 0 Å². The van der Waals surface area contributed by atoms with Gasteiger partial charge in [-0.25, -0.2) is 9.78 Å². The molecule has 0 spiro atoms. The first kappa shape index (κ1) is 17.7. The van der Waals surface area contributed by atoms with Crippen molar-refractivity contribution < 1.29 is 9.90 Å². The van der Waals surface area contributed by atoms with E-state index in [2.05, 4.69) is 15.6 Å². The summed E-state index contributed by atoms with van der Waals surface area (Å²) in [5, 5.41) is 17.1. The predicted octanol–water partition coefficient (Wildman–Crippen LogP) is 5.22.